The van der Waals surface area contributed by atoms with Crippen LogP contribution in [0.1, 0.15) is 0 Å². The average molecular weight is 379 g/mol. The second-order valence-electron chi connectivity index (χ2n) is 3.38. The first-order valence-corrected chi connectivity index (χ1v) is 9.67. The van der Waals surface area contributed by atoms with E-state index in [-0.39, 0.29) is 0 Å². The van der Waals surface area contributed by atoms with Gasteiger partial charge >= 0.3 is 0 Å². The molecule has 1 heterocycles. The Bertz CT molecular complexity index is 617. The zero-order chi connectivity index (χ0) is 12.5. The number of thiophene rings is 1. The lowest BCUT2D eigenvalue weighted by atomic mass is 10.2. The molecule has 0 aliphatic rings. The Kier molecular flexibility index (Phi) is 3.74. The first-order chi connectivity index (χ1) is 8.00. The van der Waals surface area contributed by atoms with E-state index in [0.717, 1.165) is 16.1 Å². The predicted molar refractivity (Wildman–Crippen MR) is 80.5 cm³/mol. The lowest BCUT2D eigenvalue weighted by Gasteiger charge is -2.01. The fourth-order valence-electron chi connectivity index (χ4n) is 1.41. The zero-order valence-electron chi connectivity index (χ0n) is 8.98. The molecule has 17 heavy (non-hydrogen) atoms. The summed E-state index contributed by atoms with van der Waals surface area (Å²) in [6, 6.07) is 11.4. The molecular weight excluding hydrogens is 369 g/mol. The lowest BCUT2D eigenvalue weighted by Crippen LogP contribution is -1.86. The minimum atomic E-state index is -3.13. The normalized spacial score (nSPS) is 11.4. The molecule has 0 bridgehead atoms. The van der Waals surface area contributed by atoms with E-state index >= 15 is 0 Å². The van der Waals surface area contributed by atoms with Gasteiger partial charge in [0.2, 0.25) is 7.01 Å². The Labute approximate surface area is 116 Å². The van der Waals surface area contributed by atoms with Gasteiger partial charge in [-0.15, -0.1) is 11.3 Å². The van der Waals surface area contributed by atoms with Crippen molar-refractivity contribution in [2.24, 2.45) is 0 Å². The molecule has 0 spiro atoms. The molecule has 0 saturated heterocycles. The SMILES string of the molecule is CNc1ccc(-c2ccc(S(=O)(=O)I)s2)cc1. The van der Waals surface area contributed by atoms with E-state index in [4.69, 9.17) is 0 Å². The van der Waals surface area contributed by atoms with Crippen molar-refractivity contribution >= 4 is 45.2 Å². The molecule has 6 heteroatoms. The van der Waals surface area contributed by atoms with Gasteiger partial charge in [0, 0.05) is 17.6 Å². The summed E-state index contributed by atoms with van der Waals surface area (Å²) >= 11 is 2.75. The number of nitrogens with one attached hydrogen (secondary N) is 1. The summed E-state index contributed by atoms with van der Waals surface area (Å²) in [5.41, 5.74) is 2.06. The van der Waals surface area contributed by atoms with Crippen molar-refractivity contribution in [3.63, 3.8) is 0 Å². The van der Waals surface area contributed by atoms with Crippen LogP contribution in [0, 0.1) is 0 Å². The zero-order valence-corrected chi connectivity index (χ0v) is 12.8. The number of hydrogen-bond acceptors (Lipinski definition) is 4. The second-order valence-corrected chi connectivity index (χ2v) is 9.52. The molecule has 0 fully saturated rings. The maximum atomic E-state index is 11.4. The van der Waals surface area contributed by atoms with Crippen molar-refractivity contribution in [2.45, 2.75) is 4.21 Å². The molecule has 3 nitrogen and oxygen atoms in total. The van der Waals surface area contributed by atoms with Crippen LogP contribution in [0.2, 0.25) is 0 Å². The third-order valence-corrected chi connectivity index (χ3v) is 7.05. The molecule has 0 aliphatic heterocycles. The fourth-order valence-corrected chi connectivity index (χ4v) is 4.30. The number of benzene rings is 1. The third-order valence-electron chi connectivity index (χ3n) is 2.28. The van der Waals surface area contributed by atoms with Gasteiger partial charge < -0.3 is 5.32 Å². The van der Waals surface area contributed by atoms with Gasteiger partial charge in [0.25, 0.3) is 0 Å². The Hall–Kier alpha value is -0.600. The molecule has 0 aliphatic carbocycles. The Morgan fingerprint density at radius 3 is 2.24 bits per heavy atom. The van der Waals surface area contributed by atoms with E-state index in [9.17, 15) is 8.42 Å². The molecule has 0 amide bonds. The van der Waals surface area contributed by atoms with Crippen LogP contribution in [0.3, 0.4) is 0 Å². The van der Waals surface area contributed by atoms with Gasteiger partial charge in [0.15, 0.2) is 0 Å². The summed E-state index contributed by atoms with van der Waals surface area (Å²) < 4.78 is 23.1. The molecule has 0 saturated carbocycles. The fraction of sp³-hybridized carbons (Fsp3) is 0.0909. The van der Waals surface area contributed by atoms with Gasteiger partial charge in [-0.05, 0) is 29.8 Å². The number of rotatable bonds is 3. The van der Waals surface area contributed by atoms with Gasteiger partial charge in [-0.2, -0.15) is 0 Å². The lowest BCUT2D eigenvalue weighted by molar-refractivity contribution is 0.614. The first kappa shape index (κ1) is 12.8. The van der Waals surface area contributed by atoms with Crippen LogP contribution < -0.4 is 5.32 Å². The highest BCUT2D eigenvalue weighted by Crippen LogP contribution is 2.33. The molecule has 0 unspecified atom stereocenters. The largest absolute Gasteiger partial charge is 0.388 e. The standard InChI is InChI=1S/C11H10INO2S2/c1-13-9-4-2-8(3-5-9)10-6-7-11(16-10)17(12,14)15/h2-7,13H,1H3. The van der Waals surface area contributed by atoms with Crippen LogP contribution in [0.5, 0.6) is 0 Å². The third kappa shape index (κ3) is 2.99. The quantitative estimate of drug-likeness (QED) is 0.655. The Morgan fingerprint density at radius 1 is 1.12 bits per heavy atom. The van der Waals surface area contributed by atoms with E-state index < -0.39 is 7.01 Å². The van der Waals surface area contributed by atoms with Crippen molar-refractivity contribution in [2.75, 3.05) is 12.4 Å². The average Bonchev–Trinajstić information content (AvgIpc) is 2.78. The number of hydrogen-bond donors (Lipinski definition) is 1. The highest BCUT2D eigenvalue weighted by molar-refractivity contribution is 14.2. The first-order valence-electron chi connectivity index (χ1n) is 4.83. The summed E-state index contributed by atoms with van der Waals surface area (Å²) in [5, 5.41) is 3.04. The Balaban J connectivity index is 2.37. The van der Waals surface area contributed by atoms with Gasteiger partial charge in [-0.25, -0.2) is 8.42 Å². The van der Waals surface area contributed by atoms with Gasteiger partial charge in [0.1, 0.15) is 4.21 Å². The van der Waals surface area contributed by atoms with Crippen molar-refractivity contribution < 1.29 is 8.42 Å². The molecular formula is C11H10INO2S2. The summed E-state index contributed by atoms with van der Waals surface area (Å²) in [6.07, 6.45) is 0. The van der Waals surface area contributed by atoms with Crippen LogP contribution in [-0.2, 0) is 7.01 Å². The van der Waals surface area contributed by atoms with Crippen LogP contribution in [0.4, 0.5) is 5.69 Å². The van der Waals surface area contributed by atoms with Crippen LogP contribution in [0.25, 0.3) is 10.4 Å². The van der Waals surface area contributed by atoms with Crippen molar-refractivity contribution in [3.8, 4) is 10.4 Å². The van der Waals surface area contributed by atoms with E-state index in [2.05, 4.69) is 5.32 Å². The molecule has 0 atom stereocenters. The smallest absolute Gasteiger partial charge is 0.240 e. The number of anilines is 1. The monoisotopic (exact) mass is 379 g/mol. The molecule has 1 aromatic carbocycles. The van der Waals surface area contributed by atoms with E-state index in [1.807, 2.05) is 37.4 Å². The highest BCUT2D eigenvalue weighted by atomic mass is 127. The van der Waals surface area contributed by atoms with Crippen LogP contribution in [0.15, 0.2) is 40.6 Å². The molecule has 2 rings (SSSR count). The van der Waals surface area contributed by atoms with Gasteiger partial charge in [0.05, 0.1) is 21.2 Å². The van der Waals surface area contributed by atoms with E-state index in [1.165, 1.54) is 32.5 Å². The highest BCUT2D eigenvalue weighted by Gasteiger charge is 2.13. The van der Waals surface area contributed by atoms with Crippen molar-refractivity contribution in [1.82, 2.24) is 0 Å². The molecule has 1 aromatic heterocycles. The van der Waals surface area contributed by atoms with Crippen molar-refractivity contribution in [1.29, 1.82) is 0 Å². The molecule has 2 aromatic rings. The topological polar surface area (TPSA) is 46.2 Å². The maximum Gasteiger partial charge on any atom is 0.240 e. The minimum absolute atomic E-state index is 0.394. The summed E-state index contributed by atoms with van der Waals surface area (Å²) in [4.78, 5) is 0.961. The summed E-state index contributed by atoms with van der Waals surface area (Å²) in [6.45, 7) is 0. The van der Waals surface area contributed by atoms with Crippen LogP contribution >= 0.6 is 32.5 Å². The minimum Gasteiger partial charge on any atom is -0.388 e. The van der Waals surface area contributed by atoms with Gasteiger partial charge in [-0.1, -0.05) is 12.1 Å². The second kappa shape index (κ2) is 4.95. The van der Waals surface area contributed by atoms with E-state index in [1.54, 1.807) is 6.07 Å². The summed E-state index contributed by atoms with van der Waals surface area (Å²) in [7, 11) is -1.26. The predicted octanol–water partition coefficient (Wildman–Crippen LogP) is 3.58. The van der Waals surface area contributed by atoms with Gasteiger partial charge in [-0.3, -0.25) is 0 Å². The maximum absolute atomic E-state index is 11.4. The number of halogens is 1. The van der Waals surface area contributed by atoms with Crippen LogP contribution in [-0.4, -0.2) is 15.5 Å². The molecule has 1 N–H and O–H groups in total. The molecule has 90 valence electrons. The van der Waals surface area contributed by atoms with E-state index in [0.29, 0.717) is 4.21 Å². The van der Waals surface area contributed by atoms with Crippen molar-refractivity contribution in [3.05, 3.63) is 36.4 Å². The molecule has 0 radical (unpaired) electrons. The Morgan fingerprint density at radius 2 is 1.76 bits per heavy atom. The summed E-state index contributed by atoms with van der Waals surface area (Å²) in [5.74, 6) is 0.